The number of amides is 1. The molecule has 14 heteroatoms. The zero-order valence-electron chi connectivity index (χ0n) is 42.3. The molecule has 0 aliphatic carbocycles. The minimum absolute atomic E-state index is 0.250. The molecule has 2 heterocycles. The number of unbranched alkanes of at least 4 members (excludes halogenated alkanes) is 17. The van der Waals surface area contributed by atoms with E-state index in [-0.39, 0.29) is 18.9 Å². The number of hydrogen-bond donors (Lipinski definition) is 9. The standard InChI is InChI=1S/C55H95NO13/c1-3-5-7-9-11-12-13-14-15-16-17-18-19-20-21-22-23-24-25-26-27-28-29-30-31-32-33-35-37-39-47(60)56-43(44(59)38-36-34-10-8-6-4-2)42-66-54-52(65)50(63)53(46(41-58)68-54)69-55-51(64)49(62)48(61)45(40-57)67-55/h5,7,11-12,14-15,17-18,20-21,36,38,43-46,48-55,57-59,61-65H,3-4,6,8-10,13,16,19,22-35,37,39-42H2,1-2H3,(H,56,60)/b7-5-,12-11-,15-14-,18-17-,21-20-,38-36+. The molecule has 0 aromatic heterocycles. The number of aliphatic hydroxyl groups excluding tert-OH is 8. The Hall–Kier alpha value is -2.57. The summed E-state index contributed by atoms with van der Waals surface area (Å²) in [6.07, 6.45) is 35.7. The fourth-order valence-electron chi connectivity index (χ4n) is 8.32. The summed E-state index contributed by atoms with van der Waals surface area (Å²) in [6, 6.07) is -0.914. The first kappa shape index (κ1) is 62.5. The van der Waals surface area contributed by atoms with Gasteiger partial charge in [-0.25, -0.2) is 0 Å². The Morgan fingerprint density at radius 3 is 1.54 bits per heavy atom. The van der Waals surface area contributed by atoms with E-state index in [0.717, 1.165) is 89.9 Å². The van der Waals surface area contributed by atoms with Gasteiger partial charge in [0.1, 0.15) is 48.8 Å². The maximum atomic E-state index is 13.1. The number of hydrogen-bond acceptors (Lipinski definition) is 13. The van der Waals surface area contributed by atoms with Crippen molar-refractivity contribution in [3.05, 3.63) is 72.9 Å². The van der Waals surface area contributed by atoms with Gasteiger partial charge in [-0.05, 0) is 64.2 Å². The van der Waals surface area contributed by atoms with Crippen LogP contribution in [0.25, 0.3) is 0 Å². The molecule has 2 saturated heterocycles. The molecule has 12 atom stereocenters. The minimum Gasteiger partial charge on any atom is -0.394 e. The van der Waals surface area contributed by atoms with Crippen molar-refractivity contribution in [2.45, 2.75) is 248 Å². The second-order valence-electron chi connectivity index (χ2n) is 18.6. The van der Waals surface area contributed by atoms with E-state index in [1.807, 2.05) is 6.08 Å². The lowest BCUT2D eigenvalue weighted by Crippen LogP contribution is -2.65. The molecule has 398 valence electrons. The van der Waals surface area contributed by atoms with Crippen molar-refractivity contribution in [3.63, 3.8) is 0 Å². The largest absolute Gasteiger partial charge is 0.394 e. The van der Waals surface area contributed by atoms with Crippen molar-refractivity contribution < 1.29 is 64.6 Å². The molecule has 0 saturated carbocycles. The SMILES string of the molecule is CC/C=C\C/C=C\C/C=C\C/C=C\C/C=C\CCCCCCCCCCCCCCCC(=O)NC(COC1OC(CO)C(OC2OC(CO)C(O)C(O)C2O)C(O)C1O)C(O)/C=C/CCCCCC. The topological polar surface area (TPSA) is 228 Å². The fraction of sp³-hybridized carbons (Fsp3) is 0.764. The van der Waals surface area contributed by atoms with E-state index >= 15 is 0 Å². The van der Waals surface area contributed by atoms with Crippen LogP contribution in [-0.4, -0.2) is 140 Å². The average Bonchev–Trinajstić information content (AvgIpc) is 3.35. The highest BCUT2D eigenvalue weighted by Crippen LogP contribution is 2.30. The van der Waals surface area contributed by atoms with Crippen molar-refractivity contribution in [1.82, 2.24) is 5.32 Å². The van der Waals surface area contributed by atoms with Crippen LogP contribution in [0.4, 0.5) is 0 Å². The van der Waals surface area contributed by atoms with Crippen LogP contribution < -0.4 is 5.32 Å². The van der Waals surface area contributed by atoms with E-state index in [1.165, 1.54) is 57.8 Å². The Morgan fingerprint density at radius 1 is 0.536 bits per heavy atom. The molecule has 1 amide bonds. The van der Waals surface area contributed by atoms with Gasteiger partial charge in [0, 0.05) is 6.42 Å². The Kier molecular flexibility index (Phi) is 37.1. The molecule has 2 aliphatic heterocycles. The highest BCUT2D eigenvalue weighted by molar-refractivity contribution is 5.76. The Bertz CT molecular complexity index is 1430. The number of carbonyl (C=O) groups is 1. The molecule has 14 nitrogen and oxygen atoms in total. The molecular formula is C55H95NO13. The maximum absolute atomic E-state index is 13.1. The Labute approximate surface area is 415 Å². The van der Waals surface area contributed by atoms with Crippen LogP contribution >= 0.6 is 0 Å². The van der Waals surface area contributed by atoms with Crippen LogP contribution in [0, 0.1) is 0 Å². The number of rotatable bonds is 40. The Morgan fingerprint density at radius 2 is 1.00 bits per heavy atom. The number of carbonyl (C=O) groups excluding carboxylic acids is 1. The first-order chi connectivity index (χ1) is 33.6. The molecule has 0 radical (unpaired) electrons. The summed E-state index contributed by atoms with van der Waals surface area (Å²) in [5, 5.41) is 86.4. The quantitative estimate of drug-likeness (QED) is 0.0213. The molecule has 0 aromatic carbocycles. The van der Waals surface area contributed by atoms with Gasteiger partial charge in [-0.3, -0.25) is 4.79 Å². The van der Waals surface area contributed by atoms with Gasteiger partial charge in [-0.2, -0.15) is 0 Å². The van der Waals surface area contributed by atoms with Gasteiger partial charge in [0.2, 0.25) is 5.91 Å². The molecule has 9 N–H and O–H groups in total. The third-order valence-electron chi connectivity index (χ3n) is 12.6. The second-order valence-corrected chi connectivity index (χ2v) is 18.6. The lowest BCUT2D eigenvalue weighted by molar-refractivity contribution is -0.359. The molecule has 2 aliphatic rings. The van der Waals surface area contributed by atoms with Crippen LogP contribution in [0.1, 0.15) is 174 Å². The molecule has 2 fully saturated rings. The summed E-state index contributed by atoms with van der Waals surface area (Å²) in [5.41, 5.74) is 0. The van der Waals surface area contributed by atoms with Crippen LogP contribution in [-0.2, 0) is 23.7 Å². The number of ether oxygens (including phenoxy) is 4. The van der Waals surface area contributed by atoms with Crippen molar-refractivity contribution >= 4 is 5.91 Å². The predicted octanol–water partition coefficient (Wildman–Crippen LogP) is 7.60. The minimum atomic E-state index is -1.79. The number of allylic oxidation sites excluding steroid dienone is 11. The summed E-state index contributed by atoms with van der Waals surface area (Å²) < 4.78 is 22.6. The van der Waals surface area contributed by atoms with Crippen molar-refractivity contribution in [1.29, 1.82) is 0 Å². The van der Waals surface area contributed by atoms with E-state index < -0.39 is 86.8 Å². The summed E-state index contributed by atoms with van der Waals surface area (Å²) in [5.74, 6) is -0.250. The fourth-order valence-corrected chi connectivity index (χ4v) is 8.32. The number of nitrogens with one attached hydrogen (secondary N) is 1. The van der Waals surface area contributed by atoms with Gasteiger partial charge < -0.3 is 65.1 Å². The lowest BCUT2D eigenvalue weighted by Gasteiger charge is -2.46. The first-order valence-electron chi connectivity index (χ1n) is 26.7. The van der Waals surface area contributed by atoms with E-state index in [4.69, 9.17) is 18.9 Å². The van der Waals surface area contributed by atoms with Crippen molar-refractivity contribution in [2.75, 3.05) is 19.8 Å². The van der Waals surface area contributed by atoms with E-state index in [9.17, 15) is 45.6 Å². The van der Waals surface area contributed by atoms with Crippen molar-refractivity contribution in [3.8, 4) is 0 Å². The van der Waals surface area contributed by atoms with Crippen LogP contribution in [0.2, 0.25) is 0 Å². The van der Waals surface area contributed by atoms with Crippen molar-refractivity contribution in [2.24, 2.45) is 0 Å². The van der Waals surface area contributed by atoms with Gasteiger partial charge in [-0.1, -0.05) is 177 Å². The summed E-state index contributed by atoms with van der Waals surface area (Å²) in [7, 11) is 0. The molecule has 69 heavy (non-hydrogen) atoms. The lowest BCUT2D eigenvalue weighted by atomic mass is 9.97. The highest BCUT2D eigenvalue weighted by Gasteiger charge is 2.51. The first-order valence-corrected chi connectivity index (χ1v) is 26.7. The van der Waals surface area contributed by atoms with Crippen LogP contribution in [0.5, 0.6) is 0 Å². The smallest absolute Gasteiger partial charge is 0.220 e. The summed E-state index contributed by atoms with van der Waals surface area (Å²) in [4.78, 5) is 13.1. The van der Waals surface area contributed by atoms with E-state index in [1.54, 1.807) is 6.08 Å². The molecular weight excluding hydrogens is 883 g/mol. The highest BCUT2D eigenvalue weighted by atomic mass is 16.7. The molecule has 0 aromatic rings. The molecule has 0 bridgehead atoms. The second kappa shape index (κ2) is 41.0. The van der Waals surface area contributed by atoms with Crippen LogP contribution in [0.3, 0.4) is 0 Å². The zero-order chi connectivity index (χ0) is 50.3. The average molecular weight is 978 g/mol. The zero-order valence-corrected chi connectivity index (χ0v) is 42.3. The van der Waals surface area contributed by atoms with Gasteiger partial charge in [0.15, 0.2) is 12.6 Å². The number of aliphatic hydroxyl groups is 8. The predicted molar refractivity (Wildman–Crippen MR) is 272 cm³/mol. The monoisotopic (exact) mass is 978 g/mol. The normalized spacial score (nSPS) is 26.8. The third-order valence-corrected chi connectivity index (χ3v) is 12.6. The molecule has 2 rings (SSSR count). The summed E-state index contributed by atoms with van der Waals surface area (Å²) >= 11 is 0. The maximum Gasteiger partial charge on any atom is 0.220 e. The van der Waals surface area contributed by atoms with Crippen LogP contribution in [0.15, 0.2) is 72.9 Å². The van der Waals surface area contributed by atoms with Gasteiger partial charge in [0.05, 0.1) is 32.0 Å². The van der Waals surface area contributed by atoms with E-state index in [2.05, 4.69) is 79.9 Å². The molecule has 12 unspecified atom stereocenters. The van der Waals surface area contributed by atoms with Gasteiger partial charge >= 0.3 is 0 Å². The third kappa shape index (κ3) is 27.7. The van der Waals surface area contributed by atoms with E-state index in [0.29, 0.717) is 6.42 Å². The van der Waals surface area contributed by atoms with Gasteiger partial charge in [-0.15, -0.1) is 0 Å². The molecule has 0 spiro atoms. The van der Waals surface area contributed by atoms with Gasteiger partial charge in [0.25, 0.3) is 0 Å². The summed E-state index contributed by atoms with van der Waals surface area (Å²) in [6.45, 7) is 2.56. The Balaban J connectivity index is 1.63.